The minimum absolute atomic E-state index is 0.289. The van der Waals surface area contributed by atoms with Gasteiger partial charge < -0.3 is 14.5 Å². The largest absolute Gasteiger partial charge is 0.493 e. The maximum absolute atomic E-state index is 12.8. The van der Waals surface area contributed by atoms with Crippen LogP contribution in [0, 0.1) is 6.92 Å². The molecular formula is C19H20F3N3O2S. The van der Waals surface area contributed by atoms with E-state index in [-0.39, 0.29) is 5.52 Å². The Morgan fingerprint density at radius 3 is 2.75 bits per heavy atom. The highest BCUT2D eigenvalue weighted by molar-refractivity contribution is 7.98. The minimum Gasteiger partial charge on any atom is -0.493 e. The summed E-state index contributed by atoms with van der Waals surface area (Å²) < 4.78 is 49.3. The Labute approximate surface area is 164 Å². The first-order valence-corrected chi connectivity index (χ1v) is 9.63. The number of pyridine rings is 1. The number of thioether (sulfide) groups is 1. The van der Waals surface area contributed by atoms with E-state index in [0.29, 0.717) is 29.6 Å². The highest BCUT2D eigenvalue weighted by Crippen LogP contribution is 2.32. The molecule has 0 aliphatic carbocycles. The molecular weight excluding hydrogens is 391 g/mol. The van der Waals surface area contributed by atoms with Gasteiger partial charge in [-0.3, -0.25) is 4.98 Å². The van der Waals surface area contributed by atoms with Gasteiger partial charge in [-0.25, -0.2) is 4.98 Å². The molecule has 0 fully saturated rings. The summed E-state index contributed by atoms with van der Waals surface area (Å²) in [4.78, 5) is 11.7. The molecule has 3 rings (SSSR count). The number of nitrogens with zero attached hydrogens (tertiary/aromatic N) is 2. The summed E-state index contributed by atoms with van der Waals surface area (Å²) in [5, 5.41) is 0.543. The highest BCUT2D eigenvalue weighted by atomic mass is 32.2. The van der Waals surface area contributed by atoms with Crippen molar-refractivity contribution in [2.45, 2.75) is 30.4 Å². The van der Waals surface area contributed by atoms with Crippen LogP contribution in [0.15, 0.2) is 35.6 Å². The van der Waals surface area contributed by atoms with Gasteiger partial charge in [0.1, 0.15) is 5.75 Å². The lowest BCUT2D eigenvalue weighted by molar-refractivity contribution is -0.137. The number of halogens is 3. The fourth-order valence-corrected chi connectivity index (χ4v) is 3.52. The van der Waals surface area contributed by atoms with Crippen molar-refractivity contribution in [3.8, 4) is 5.75 Å². The number of aromatic amines is 1. The Kier molecular flexibility index (Phi) is 6.46. The van der Waals surface area contributed by atoms with Crippen molar-refractivity contribution in [3.63, 3.8) is 0 Å². The standard InChI is InChI=1S/C19H20F3N3O2S/c1-12-16(23-7-6-17(12)27-9-3-8-26-2)11-28-18-24-14-5-4-13(19(20,21)22)10-15(14)25-18/h4-7,10H,3,8-9,11H2,1-2H3,(H,24,25). The van der Waals surface area contributed by atoms with Crippen LogP contribution in [-0.2, 0) is 16.7 Å². The van der Waals surface area contributed by atoms with Crippen molar-refractivity contribution in [3.05, 3.63) is 47.3 Å². The van der Waals surface area contributed by atoms with Crippen molar-refractivity contribution in [1.29, 1.82) is 0 Å². The SMILES string of the molecule is COCCCOc1ccnc(CSc2nc3cc(C(F)(F)F)ccc3[nH]2)c1C. The molecule has 150 valence electrons. The van der Waals surface area contributed by atoms with Gasteiger partial charge in [0, 0.05) is 37.7 Å². The van der Waals surface area contributed by atoms with Gasteiger partial charge in [0.25, 0.3) is 0 Å². The van der Waals surface area contributed by atoms with Crippen LogP contribution >= 0.6 is 11.8 Å². The second-order valence-corrected chi connectivity index (χ2v) is 7.10. The summed E-state index contributed by atoms with van der Waals surface area (Å²) in [6.45, 7) is 3.12. The molecule has 0 atom stereocenters. The number of ether oxygens (including phenoxy) is 2. The monoisotopic (exact) mass is 411 g/mol. The lowest BCUT2D eigenvalue weighted by Crippen LogP contribution is -2.04. The molecule has 0 aliphatic rings. The number of hydrogen-bond donors (Lipinski definition) is 1. The third-order valence-corrected chi connectivity index (χ3v) is 5.03. The maximum Gasteiger partial charge on any atom is 0.416 e. The Morgan fingerprint density at radius 2 is 2.00 bits per heavy atom. The lowest BCUT2D eigenvalue weighted by Gasteiger charge is -2.11. The number of aromatic nitrogens is 3. The van der Waals surface area contributed by atoms with Crippen molar-refractivity contribution in [2.75, 3.05) is 20.3 Å². The summed E-state index contributed by atoms with van der Waals surface area (Å²) in [6.07, 6.45) is -1.91. The third kappa shape index (κ3) is 4.96. The number of rotatable bonds is 8. The van der Waals surface area contributed by atoms with Gasteiger partial charge in [0.15, 0.2) is 5.16 Å². The summed E-state index contributed by atoms with van der Waals surface area (Å²) in [7, 11) is 1.65. The fraction of sp³-hybridized carbons (Fsp3) is 0.368. The average Bonchev–Trinajstić information content (AvgIpc) is 3.07. The minimum atomic E-state index is -4.38. The number of alkyl halides is 3. The summed E-state index contributed by atoms with van der Waals surface area (Å²) in [6, 6.07) is 5.31. The Bertz CT molecular complexity index is 944. The van der Waals surface area contributed by atoms with Crippen molar-refractivity contribution < 1.29 is 22.6 Å². The number of benzene rings is 1. The van der Waals surface area contributed by atoms with Crippen LogP contribution in [0.5, 0.6) is 5.75 Å². The summed E-state index contributed by atoms with van der Waals surface area (Å²) in [5.74, 6) is 1.29. The quantitative estimate of drug-likeness (QED) is 0.418. The van der Waals surface area contributed by atoms with E-state index in [1.54, 1.807) is 13.3 Å². The van der Waals surface area contributed by atoms with E-state index in [9.17, 15) is 13.2 Å². The zero-order valence-electron chi connectivity index (χ0n) is 15.5. The van der Waals surface area contributed by atoms with Gasteiger partial charge in [-0.05, 0) is 31.2 Å². The molecule has 3 aromatic rings. The molecule has 0 bridgehead atoms. The molecule has 2 heterocycles. The highest BCUT2D eigenvalue weighted by Gasteiger charge is 2.30. The van der Waals surface area contributed by atoms with Crippen molar-refractivity contribution in [2.24, 2.45) is 0 Å². The normalized spacial score (nSPS) is 11.9. The number of imidazole rings is 1. The summed E-state index contributed by atoms with van der Waals surface area (Å²) in [5.41, 5.74) is 1.92. The predicted molar refractivity (Wildman–Crippen MR) is 102 cm³/mol. The topological polar surface area (TPSA) is 60.0 Å². The molecule has 9 heteroatoms. The van der Waals surface area contributed by atoms with E-state index >= 15 is 0 Å². The zero-order valence-corrected chi connectivity index (χ0v) is 16.3. The molecule has 0 saturated heterocycles. The van der Waals surface area contributed by atoms with E-state index in [4.69, 9.17) is 9.47 Å². The second kappa shape index (κ2) is 8.83. The molecule has 0 spiro atoms. The van der Waals surface area contributed by atoms with Crippen molar-refractivity contribution in [1.82, 2.24) is 15.0 Å². The molecule has 0 amide bonds. The van der Waals surface area contributed by atoms with Gasteiger partial charge in [-0.15, -0.1) is 0 Å². The Hall–Kier alpha value is -2.26. The second-order valence-electron chi connectivity index (χ2n) is 6.14. The van der Waals surface area contributed by atoms with Crippen LogP contribution in [0.4, 0.5) is 13.2 Å². The fourth-order valence-electron chi connectivity index (χ4n) is 2.61. The van der Waals surface area contributed by atoms with Gasteiger partial charge in [-0.2, -0.15) is 13.2 Å². The molecule has 0 unspecified atom stereocenters. The average molecular weight is 411 g/mol. The predicted octanol–water partition coefficient (Wildman–Crippen LogP) is 4.99. The molecule has 0 radical (unpaired) electrons. The number of H-pyrrole nitrogens is 1. The van der Waals surface area contributed by atoms with Gasteiger partial charge in [-0.1, -0.05) is 11.8 Å². The van der Waals surface area contributed by atoms with E-state index in [2.05, 4.69) is 15.0 Å². The first-order valence-electron chi connectivity index (χ1n) is 8.64. The zero-order chi connectivity index (χ0) is 20.1. The molecule has 28 heavy (non-hydrogen) atoms. The Balaban J connectivity index is 1.68. The molecule has 5 nitrogen and oxygen atoms in total. The smallest absolute Gasteiger partial charge is 0.416 e. The van der Waals surface area contributed by atoms with E-state index < -0.39 is 11.7 Å². The summed E-state index contributed by atoms with van der Waals surface area (Å²) >= 11 is 1.38. The third-order valence-electron chi connectivity index (χ3n) is 4.14. The van der Waals surface area contributed by atoms with Gasteiger partial charge >= 0.3 is 6.18 Å². The number of hydrogen-bond acceptors (Lipinski definition) is 5. The number of nitrogens with one attached hydrogen (secondary N) is 1. The van der Waals surface area contributed by atoms with Crippen molar-refractivity contribution >= 4 is 22.8 Å². The van der Waals surface area contributed by atoms with Crippen LogP contribution in [0.25, 0.3) is 11.0 Å². The van der Waals surface area contributed by atoms with Crippen LogP contribution < -0.4 is 4.74 Å². The Morgan fingerprint density at radius 1 is 1.18 bits per heavy atom. The lowest BCUT2D eigenvalue weighted by atomic mass is 10.2. The first kappa shape index (κ1) is 20.5. The van der Waals surface area contributed by atoms with Crippen LogP contribution in [0.2, 0.25) is 0 Å². The van der Waals surface area contributed by atoms with Gasteiger partial charge in [0.05, 0.1) is 28.9 Å². The van der Waals surface area contributed by atoms with Crippen LogP contribution in [-0.4, -0.2) is 35.3 Å². The molecule has 2 aromatic heterocycles. The molecule has 0 aliphatic heterocycles. The van der Waals surface area contributed by atoms with E-state index in [0.717, 1.165) is 35.6 Å². The van der Waals surface area contributed by atoms with Gasteiger partial charge in [0.2, 0.25) is 0 Å². The molecule has 0 saturated carbocycles. The number of fused-ring (bicyclic) bond motifs is 1. The first-order chi connectivity index (χ1) is 13.4. The maximum atomic E-state index is 12.8. The van der Waals surface area contributed by atoms with E-state index in [1.807, 2.05) is 13.0 Å². The van der Waals surface area contributed by atoms with Crippen LogP contribution in [0.1, 0.15) is 23.2 Å². The molecule has 1 N–H and O–H groups in total. The van der Waals surface area contributed by atoms with Crippen LogP contribution in [0.3, 0.4) is 0 Å². The molecule has 1 aromatic carbocycles. The number of methoxy groups -OCH3 is 1. The van der Waals surface area contributed by atoms with E-state index in [1.165, 1.54) is 17.8 Å².